The maximum atomic E-state index is 13.7. The lowest BCUT2D eigenvalue weighted by molar-refractivity contribution is -0.113. The number of rotatable bonds is 8. The number of hydrogen-bond acceptors (Lipinski definition) is 4. The highest BCUT2D eigenvalue weighted by Gasteiger charge is 2.15. The van der Waals surface area contributed by atoms with Gasteiger partial charge >= 0.3 is 0 Å². The van der Waals surface area contributed by atoms with Crippen LogP contribution in [-0.4, -0.2) is 26.4 Å². The maximum Gasteiger partial charge on any atom is 0.234 e. The van der Waals surface area contributed by atoms with Crippen molar-refractivity contribution in [1.29, 1.82) is 0 Å². The Labute approximate surface area is 184 Å². The van der Waals surface area contributed by atoms with Crippen LogP contribution in [-0.2, 0) is 17.8 Å². The molecular formula is C24H21FN4OS. The summed E-state index contributed by atoms with van der Waals surface area (Å²) in [4.78, 5) is 12.3. The number of thioether (sulfide) groups is 1. The molecule has 0 aliphatic heterocycles. The van der Waals surface area contributed by atoms with Gasteiger partial charge in [0.2, 0.25) is 5.91 Å². The van der Waals surface area contributed by atoms with Gasteiger partial charge in [0.15, 0.2) is 5.16 Å². The van der Waals surface area contributed by atoms with Gasteiger partial charge in [-0.05, 0) is 28.5 Å². The third-order valence-corrected chi connectivity index (χ3v) is 5.78. The SMILES string of the molecule is C=CCn1c(Cc2cccc3ccccc23)nnc1SCC(=O)Nc1ccccc1F. The van der Waals surface area contributed by atoms with E-state index in [4.69, 9.17) is 0 Å². The molecule has 31 heavy (non-hydrogen) atoms. The number of nitrogens with one attached hydrogen (secondary N) is 1. The number of anilines is 1. The Bertz CT molecular complexity index is 1230. The van der Waals surface area contributed by atoms with Crippen molar-refractivity contribution < 1.29 is 9.18 Å². The number of carbonyl (C=O) groups excluding carboxylic acids is 1. The molecular weight excluding hydrogens is 411 g/mol. The Morgan fingerprint density at radius 3 is 2.68 bits per heavy atom. The van der Waals surface area contributed by atoms with E-state index in [9.17, 15) is 9.18 Å². The Kier molecular flexibility index (Phi) is 6.43. The van der Waals surface area contributed by atoms with Crippen LogP contribution < -0.4 is 5.32 Å². The third-order valence-electron chi connectivity index (χ3n) is 4.81. The number of halogens is 1. The van der Waals surface area contributed by atoms with Gasteiger partial charge in [0.1, 0.15) is 11.6 Å². The number of amides is 1. The van der Waals surface area contributed by atoms with Crippen molar-refractivity contribution in [1.82, 2.24) is 14.8 Å². The first-order valence-corrected chi connectivity index (χ1v) is 10.8. The van der Waals surface area contributed by atoms with Gasteiger partial charge < -0.3 is 9.88 Å². The van der Waals surface area contributed by atoms with Crippen LogP contribution in [0, 0.1) is 5.82 Å². The second-order valence-electron chi connectivity index (χ2n) is 6.93. The van der Waals surface area contributed by atoms with E-state index >= 15 is 0 Å². The molecule has 4 rings (SSSR count). The fraction of sp³-hybridized carbons (Fsp3) is 0.125. The molecule has 0 aliphatic rings. The van der Waals surface area contributed by atoms with Gasteiger partial charge in [0, 0.05) is 13.0 Å². The molecule has 156 valence electrons. The molecule has 0 bridgehead atoms. The highest BCUT2D eigenvalue weighted by molar-refractivity contribution is 7.99. The molecule has 0 saturated heterocycles. The molecule has 0 atom stereocenters. The first-order chi connectivity index (χ1) is 15.2. The van der Waals surface area contributed by atoms with Gasteiger partial charge in [-0.3, -0.25) is 4.79 Å². The van der Waals surface area contributed by atoms with E-state index in [-0.39, 0.29) is 17.3 Å². The molecule has 3 aromatic carbocycles. The van der Waals surface area contributed by atoms with Crippen LogP contribution in [0.1, 0.15) is 11.4 Å². The van der Waals surface area contributed by atoms with Gasteiger partial charge in [-0.15, -0.1) is 16.8 Å². The summed E-state index contributed by atoms with van der Waals surface area (Å²) in [5, 5.41) is 14.2. The largest absolute Gasteiger partial charge is 0.323 e. The third kappa shape index (κ3) is 4.83. The smallest absolute Gasteiger partial charge is 0.234 e. The van der Waals surface area contributed by atoms with E-state index in [1.54, 1.807) is 18.2 Å². The van der Waals surface area contributed by atoms with E-state index in [0.29, 0.717) is 18.1 Å². The summed E-state index contributed by atoms with van der Waals surface area (Å²) in [6.45, 7) is 4.36. The molecule has 0 unspecified atom stereocenters. The molecule has 0 fully saturated rings. The van der Waals surface area contributed by atoms with Crippen molar-refractivity contribution in [2.24, 2.45) is 0 Å². The van der Waals surface area contributed by atoms with E-state index in [0.717, 1.165) is 11.4 Å². The number of aromatic nitrogens is 3. The Hall–Kier alpha value is -3.45. The molecule has 1 heterocycles. The summed E-state index contributed by atoms with van der Waals surface area (Å²) in [6.07, 6.45) is 2.39. The van der Waals surface area contributed by atoms with Crippen molar-refractivity contribution in [2.45, 2.75) is 18.1 Å². The first-order valence-electron chi connectivity index (χ1n) is 9.82. The van der Waals surface area contributed by atoms with Crippen LogP contribution in [0.4, 0.5) is 10.1 Å². The lowest BCUT2D eigenvalue weighted by Gasteiger charge is -2.10. The molecule has 1 amide bonds. The highest BCUT2D eigenvalue weighted by Crippen LogP contribution is 2.24. The molecule has 0 aliphatic carbocycles. The lowest BCUT2D eigenvalue weighted by Crippen LogP contribution is -2.15. The number of allylic oxidation sites excluding steroid dienone is 1. The number of hydrogen-bond donors (Lipinski definition) is 1. The predicted molar refractivity (Wildman–Crippen MR) is 123 cm³/mol. The zero-order chi connectivity index (χ0) is 21.6. The Morgan fingerprint density at radius 2 is 1.84 bits per heavy atom. The van der Waals surface area contributed by atoms with Gasteiger partial charge in [0.25, 0.3) is 0 Å². The topological polar surface area (TPSA) is 59.8 Å². The quantitative estimate of drug-likeness (QED) is 0.312. The van der Waals surface area contributed by atoms with E-state index in [1.165, 1.54) is 34.7 Å². The number of para-hydroxylation sites is 1. The maximum absolute atomic E-state index is 13.7. The minimum Gasteiger partial charge on any atom is -0.323 e. The Balaban J connectivity index is 1.50. The monoisotopic (exact) mass is 432 g/mol. The molecule has 0 spiro atoms. The van der Waals surface area contributed by atoms with Gasteiger partial charge in [-0.1, -0.05) is 72.4 Å². The minimum absolute atomic E-state index is 0.0951. The van der Waals surface area contributed by atoms with Gasteiger partial charge in [-0.25, -0.2) is 4.39 Å². The van der Waals surface area contributed by atoms with Crippen LogP contribution in [0.15, 0.2) is 84.5 Å². The Morgan fingerprint density at radius 1 is 1.06 bits per heavy atom. The van der Waals surface area contributed by atoms with Crippen LogP contribution >= 0.6 is 11.8 Å². The minimum atomic E-state index is -0.465. The summed E-state index contributed by atoms with van der Waals surface area (Å²) in [5.41, 5.74) is 1.32. The zero-order valence-corrected chi connectivity index (χ0v) is 17.6. The van der Waals surface area contributed by atoms with Crippen LogP contribution in [0.25, 0.3) is 10.8 Å². The fourth-order valence-electron chi connectivity index (χ4n) is 3.36. The standard InChI is InChI=1S/C24H21FN4OS/c1-2-14-29-22(15-18-10-7-9-17-8-3-4-11-19(17)18)27-28-24(29)31-16-23(30)26-21-13-6-5-12-20(21)25/h2-13H,1,14-16H2,(H,26,30). The molecule has 1 N–H and O–H groups in total. The van der Waals surface area contributed by atoms with Crippen molar-refractivity contribution in [2.75, 3.05) is 11.1 Å². The number of fused-ring (bicyclic) bond motifs is 1. The van der Waals surface area contributed by atoms with Gasteiger partial charge in [0.05, 0.1) is 11.4 Å². The molecule has 0 saturated carbocycles. The fourth-order valence-corrected chi connectivity index (χ4v) is 4.13. The van der Waals surface area contributed by atoms with E-state index < -0.39 is 5.82 Å². The summed E-state index contributed by atoms with van der Waals surface area (Å²) >= 11 is 1.26. The van der Waals surface area contributed by atoms with E-state index in [2.05, 4.69) is 46.4 Å². The average molecular weight is 433 g/mol. The second kappa shape index (κ2) is 9.57. The van der Waals surface area contributed by atoms with Crippen LogP contribution in [0.3, 0.4) is 0 Å². The highest BCUT2D eigenvalue weighted by atomic mass is 32.2. The number of carbonyl (C=O) groups is 1. The molecule has 4 aromatic rings. The number of benzene rings is 3. The van der Waals surface area contributed by atoms with Crippen molar-refractivity contribution >= 4 is 34.1 Å². The van der Waals surface area contributed by atoms with Crippen molar-refractivity contribution in [3.8, 4) is 0 Å². The van der Waals surface area contributed by atoms with Crippen molar-refractivity contribution in [3.05, 3.63) is 96.6 Å². The molecule has 7 heteroatoms. The summed E-state index contributed by atoms with van der Waals surface area (Å²) < 4.78 is 15.7. The van der Waals surface area contributed by atoms with Crippen LogP contribution in [0.5, 0.6) is 0 Å². The average Bonchev–Trinajstić information content (AvgIpc) is 3.16. The lowest BCUT2D eigenvalue weighted by atomic mass is 10.0. The van der Waals surface area contributed by atoms with Crippen LogP contribution in [0.2, 0.25) is 0 Å². The number of nitrogens with zero attached hydrogens (tertiary/aromatic N) is 3. The second-order valence-corrected chi connectivity index (χ2v) is 7.87. The molecule has 5 nitrogen and oxygen atoms in total. The predicted octanol–water partition coefficient (Wildman–Crippen LogP) is 5.08. The summed E-state index contributed by atoms with van der Waals surface area (Å²) in [7, 11) is 0. The van der Waals surface area contributed by atoms with Crippen molar-refractivity contribution in [3.63, 3.8) is 0 Å². The molecule has 1 aromatic heterocycles. The normalized spacial score (nSPS) is 10.9. The molecule has 0 radical (unpaired) electrons. The first kappa shape index (κ1) is 20.8. The summed E-state index contributed by atoms with van der Waals surface area (Å²) in [6, 6.07) is 20.5. The summed E-state index contributed by atoms with van der Waals surface area (Å²) in [5.74, 6) is 0.123. The zero-order valence-electron chi connectivity index (χ0n) is 16.8. The van der Waals surface area contributed by atoms with E-state index in [1.807, 2.05) is 22.8 Å². The van der Waals surface area contributed by atoms with Gasteiger partial charge in [-0.2, -0.15) is 0 Å².